The highest BCUT2D eigenvalue weighted by Gasteiger charge is 2.27. The average Bonchev–Trinajstić information content (AvgIpc) is 2.48. The first-order valence-electron chi connectivity index (χ1n) is 6.88. The minimum Gasteiger partial charge on any atom is -0.395 e. The Labute approximate surface area is 114 Å². The van der Waals surface area contributed by atoms with Crippen LogP contribution in [0.3, 0.4) is 0 Å². The highest BCUT2D eigenvalue weighted by Crippen LogP contribution is 2.34. The van der Waals surface area contributed by atoms with Gasteiger partial charge in [-0.2, -0.15) is 0 Å². The van der Waals surface area contributed by atoms with Crippen molar-refractivity contribution in [3.05, 3.63) is 71.3 Å². The molecule has 0 aromatic heterocycles. The van der Waals surface area contributed by atoms with Gasteiger partial charge in [0.25, 0.3) is 0 Å². The van der Waals surface area contributed by atoms with Crippen molar-refractivity contribution >= 4 is 0 Å². The summed E-state index contributed by atoms with van der Waals surface area (Å²) in [5.41, 5.74) is 4.13. The van der Waals surface area contributed by atoms with E-state index in [1.54, 1.807) is 0 Å². The van der Waals surface area contributed by atoms with Gasteiger partial charge in [-0.15, -0.1) is 0 Å². The van der Waals surface area contributed by atoms with Crippen molar-refractivity contribution in [1.29, 1.82) is 0 Å². The zero-order valence-electron chi connectivity index (χ0n) is 11.0. The van der Waals surface area contributed by atoms with Gasteiger partial charge in [0.2, 0.25) is 0 Å². The molecule has 1 aliphatic heterocycles. The topological polar surface area (TPSA) is 23.5 Å². The van der Waals surface area contributed by atoms with Gasteiger partial charge in [-0.25, -0.2) is 0 Å². The van der Waals surface area contributed by atoms with Crippen molar-refractivity contribution in [3.63, 3.8) is 0 Å². The Hall–Kier alpha value is -1.64. The lowest BCUT2D eigenvalue weighted by molar-refractivity contribution is 0.160. The zero-order chi connectivity index (χ0) is 13.1. The molecule has 2 aromatic rings. The summed E-state index contributed by atoms with van der Waals surface area (Å²) in [4.78, 5) is 2.37. The molecule has 0 amide bonds. The van der Waals surface area contributed by atoms with Crippen molar-refractivity contribution < 1.29 is 5.11 Å². The van der Waals surface area contributed by atoms with Gasteiger partial charge in [0.05, 0.1) is 12.6 Å². The van der Waals surface area contributed by atoms with Crippen molar-refractivity contribution in [2.24, 2.45) is 0 Å². The van der Waals surface area contributed by atoms with Gasteiger partial charge < -0.3 is 5.11 Å². The molecule has 2 nitrogen and oxygen atoms in total. The molecule has 0 fully saturated rings. The van der Waals surface area contributed by atoms with E-state index in [0.717, 1.165) is 19.5 Å². The maximum atomic E-state index is 9.29. The molecule has 0 aliphatic carbocycles. The summed E-state index contributed by atoms with van der Waals surface area (Å²) in [6.07, 6.45) is 1.07. The number of nitrogens with zero attached hydrogens (tertiary/aromatic N) is 1. The average molecular weight is 253 g/mol. The van der Waals surface area contributed by atoms with Gasteiger partial charge in [-0.3, -0.25) is 4.90 Å². The molecular formula is C17H19NO. The summed E-state index contributed by atoms with van der Waals surface area (Å²) >= 11 is 0. The van der Waals surface area contributed by atoms with E-state index >= 15 is 0 Å². The van der Waals surface area contributed by atoms with Gasteiger partial charge >= 0.3 is 0 Å². The number of hydrogen-bond acceptors (Lipinski definition) is 2. The lowest BCUT2D eigenvalue weighted by Gasteiger charge is -2.37. The fourth-order valence-electron chi connectivity index (χ4n) is 3.01. The Morgan fingerprint density at radius 3 is 2.53 bits per heavy atom. The molecule has 1 atom stereocenters. The SMILES string of the molecule is OCCN1CCc2ccccc2[C@@H]1c1ccccc1. The number of benzene rings is 2. The predicted octanol–water partition coefficient (Wildman–Crippen LogP) is 2.63. The molecule has 19 heavy (non-hydrogen) atoms. The summed E-state index contributed by atoms with van der Waals surface area (Å²) < 4.78 is 0. The second kappa shape index (κ2) is 5.55. The van der Waals surface area contributed by atoms with Crippen LogP contribution in [0, 0.1) is 0 Å². The van der Waals surface area contributed by atoms with Crippen molar-refractivity contribution in [3.8, 4) is 0 Å². The number of hydrogen-bond donors (Lipinski definition) is 1. The summed E-state index contributed by atoms with van der Waals surface area (Å²) in [6.45, 7) is 1.95. The molecule has 0 unspecified atom stereocenters. The van der Waals surface area contributed by atoms with Crippen molar-refractivity contribution in [2.75, 3.05) is 19.7 Å². The zero-order valence-corrected chi connectivity index (χ0v) is 11.0. The molecule has 0 bridgehead atoms. The lowest BCUT2D eigenvalue weighted by Crippen LogP contribution is -2.37. The number of fused-ring (bicyclic) bond motifs is 1. The first-order chi connectivity index (χ1) is 9.40. The minimum atomic E-state index is 0.214. The maximum absolute atomic E-state index is 9.29. The Bertz CT molecular complexity index is 538. The van der Waals surface area contributed by atoms with Gasteiger partial charge in [-0.1, -0.05) is 54.6 Å². The van der Waals surface area contributed by atoms with Crippen LogP contribution < -0.4 is 0 Å². The molecule has 2 aromatic carbocycles. The second-order valence-electron chi connectivity index (χ2n) is 5.02. The maximum Gasteiger partial charge on any atom is 0.0605 e. The molecule has 1 heterocycles. The number of rotatable bonds is 3. The first-order valence-corrected chi connectivity index (χ1v) is 6.88. The molecule has 3 rings (SSSR count). The van der Waals surface area contributed by atoms with E-state index < -0.39 is 0 Å². The first kappa shape index (κ1) is 12.4. The molecule has 0 saturated carbocycles. The van der Waals surface area contributed by atoms with Crippen LogP contribution in [-0.2, 0) is 6.42 Å². The van der Waals surface area contributed by atoms with E-state index in [0.29, 0.717) is 0 Å². The molecule has 1 N–H and O–H groups in total. The van der Waals surface area contributed by atoms with Crippen molar-refractivity contribution in [2.45, 2.75) is 12.5 Å². The molecule has 98 valence electrons. The second-order valence-corrected chi connectivity index (χ2v) is 5.02. The van der Waals surface area contributed by atoms with E-state index in [1.807, 2.05) is 0 Å². The van der Waals surface area contributed by atoms with E-state index in [2.05, 4.69) is 59.5 Å². The molecule has 0 saturated heterocycles. The summed E-state index contributed by atoms with van der Waals surface area (Å²) in [6, 6.07) is 19.5. The van der Waals surface area contributed by atoms with Crippen LogP contribution in [0.1, 0.15) is 22.7 Å². The Morgan fingerprint density at radius 1 is 1.00 bits per heavy atom. The van der Waals surface area contributed by atoms with E-state index in [9.17, 15) is 5.11 Å². The molecule has 2 heteroatoms. The number of aliphatic hydroxyl groups excluding tert-OH is 1. The third-order valence-corrected chi connectivity index (χ3v) is 3.89. The largest absolute Gasteiger partial charge is 0.395 e. The number of β-amino-alcohol motifs (C(OH)–C–C–N with tert-alkyl or cyclic N) is 1. The lowest BCUT2D eigenvalue weighted by atomic mass is 9.88. The monoisotopic (exact) mass is 253 g/mol. The molecular weight excluding hydrogens is 234 g/mol. The highest BCUT2D eigenvalue weighted by atomic mass is 16.3. The van der Waals surface area contributed by atoms with Crippen LogP contribution in [0.4, 0.5) is 0 Å². The van der Waals surface area contributed by atoms with Gasteiger partial charge in [0, 0.05) is 13.1 Å². The van der Waals surface area contributed by atoms with Gasteiger partial charge in [0.1, 0.15) is 0 Å². The summed E-state index contributed by atoms with van der Waals surface area (Å²) in [5.74, 6) is 0. The van der Waals surface area contributed by atoms with Crippen LogP contribution in [0.5, 0.6) is 0 Å². The summed E-state index contributed by atoms with van der Waals surface area (Å²) in [5, 5.41) is 9.29. The van der Waals surface area contributed by atoms with Crippen molar-refractivity contribution in [1.82, 2.24) is 4.90 Å². The number of aliphatic hydroxyl groups is 1. The van der Waals surface area contributed by atoms with Crippen LogP contribution >= 0.6 is 0 Å². The van der Waals surface area contributed by atoms with E-state index in [-0.39, 0.29) is 12.6 Å². The molecule has 0 spiro atoms. The Kier molecular flexibility index (Phi) is 3.62. The van der Waals surface area contributed by atoms with Crippen LogP contribution in [-0.4, -0.2) is 29.7 Å². The highest BCUT2D eigenvalue weighted by molar-refractivity contribution is 5.39. The summed E-state index contributed by atoms with van der Waals surface area (Å²) in [7, 11) is 0. The van der Waals surface area contributed by atoms with Gasteiger partial charge in [0.15, 0.2) is 0 Å². The van der Waals surface area contributed by atoms with E-state index in [1.165, 1.54) is 16.7 Å². The van der Waals surface area contributed by atoms with Crippen LogP contribution in [0.2, 0.25) is 0 Å². The normalized spacial score (nSPS) is 19.1. The standard InChI is InChI=1S/C17H19NO/c19-13-12-18-11-10-14-6-4-5-9-16(14)17(18)15-7-2-1-3-8-15/h1-9,17,19H,10-13H2/t17-/m0/s1. The van der Waals surface area contributed by atoms with Crippen LogP contribution in [0.25, 0.3) is 0 Å². The van der Waals surface area contributed by atoms with E-state index in [4.69, 9.17) is 0 Å². The molecule has 0 radical (unpaired) electrons. The smallest absolute Gasteiger partial charge is 0.0605 e. The Balaban J connectivity index is 2.05. The minimum absolute atomic E-state index is 0.214. The van der Waals surface area contributed by atoms with Crippen LogP contribution in [0.15, 0.2) is 54.6 Å². The predicted molar refractivity (Wildman–Crippen MR) is 77.1 cm³/mol. The quantitative estimate of drug-likeness (QED) is 0.909. The fourth-order valence-corrected chi connectivity index (χ4v) is 3.01. The molecule has 1 aliphatic rings. The third kappa shape index (κ3) is 2.42. The fraction of sp³-hybridized carbons (Fsp3) is 0.294. The van der Waals surface area contributed by atoms with Gasteiger partial charge in [-0.05, 0) is 23.1 Å². The third-order valence-electron chi connectivity index (χ3n) is 3.89. The Morgan fingerprint density at radius 2 is 1.74 bits per heavy atom.